The second-order valence-corrected chi connectivity index (χ2v) is 4.67. The van der Waals surface area contributed by atoms with E-state index in [4.69, 9.17) is 0 Å². The molecule has 0 saturated carbocycles. The Hall–Kier alpha value is -2.02. The first-order valence-corrected chi connectivity index (χ1v) is 6.12. The van der Waals surface area contributed by atoms with Crippen molar-refractivity contribution in [3.63, 3.8) is 0 Å². The fourth-order valence-corrected chi connectivity index (χ4v) is 2.86. The van der Waals surface area contributed by atoms with Crippen LogP contribution in [0.5, 0.6) is 0 Å². The van der Waals surface area contributed by atoms with Gasteiger partial charge in [0.25, 0.3) is 0 Å². The van der Waals surface area contributed by atoms with Gasteiger partial charge in [-0.05, 0) is 30.0 Å². The first-order chi connectivity index (χ1) is 8.43. The molecule has 1 heteroatoms. The van der Waals surface area contributed by atoms with Crippen molar-refractivity contribution in [2.24, 2.45) is 0 Å². The van der Waals surface area contributed by atoms with Crippen LogP contribution in [0.1, 0.15) is 17.5 Å². The second-order valence-electron chi connectivity index (χ2n) is 4.67. The summed E-state index contributed by atoms with van der Waals surface area (Å²) >= 11 is 0. The lowest BCUT2D eigenvalue weighted by molar-refractivity contribution is 0.994. The molecule has 0 fully saturated rings. The van der Waals surface area contributed by atoms with Crippen molar-refractivity contribution in [3.05, 3.63) is 53.6 Å². The highest BCUT2D eigenvalue weighted by Crippen LogP contribution is 2.32. The van der Waals surface area contributed by atoms with Crippen molar-refractivity contribution in [1.82, 2.24) is 4.98 Å². The van der Waals surface area contributed by atoms with Gasteiger partial charge in [-0.15, -0.1) is 0 Å². The molecule has 0 saturated heterocycles. The lowest BCUT2D eigenvalue weighted by atomic mass is 9.95. The van der Waals surface area contributed by atoms with E-state index in [0.29, 0.717) is 0 Å². The van der Waals surface area contributed by atoms with Crippen molar-refractivity contribution in [2.45, 2.75) is 12.8 Å². The Labute approximate surface area is 99.8 Å². The number of benzene rings is 2. The molecule has 82 valence electrons. The van der Waals surface area contributed by atoms with Gasteiger partial charge in [-0.1, -0.05) is 42.5 Å². The average Bonchev–Trinajstić information content (AvgIpc) is 2.78. The first-order valence-electron chi connectivity index (χ1n) is 6.12. The number of fused-ring (bicyclic) bond motifs is 5. The molecule has 1 N–H and O–H groups in total. The molecule has 0 amide bonds. The Morgan fingerprint density at radius 3 is 2.88 bits per heavy atom. The third-order valence-electron chi connectivity index (χ3n) is 3.68. The van der Waals surface area contributed by atoms with Gasteiger partial charge in [-0.2, -0.15) is 0 Å². The summed E-state index contributed by atoms with van der Waals surface area (Å²) in [6.07, 6.45) is 6.80. The fourth-order valence-electron chi connectivity index (χ4n) is 2.86. The number of para-hydroxylation sites is 1. The zero-order valence-corrected chi connectivity index (χ0v) is 9.53. The number of aryl methyl sites for hydroxylation is 1. The van der Waals surface area contributed by atoms with Gasteiger partial charge < -0.3 is 4.98 Å². The van der Waals surface area contributed by atoms with E-state index in [1.165, 1.54) is 32.9 Å². The Kier molecular flexibility index (Phi) is 1.72. The van der Waals surface area contributed by atoms with E-state index < -0.39 is 0 Å². The van der Waals surface area contributed by atoms with Crippen LogP contribution in [-0.2, 0) is 6.42 Å². The van der Waals surface area contributed by atoms with Crippen molar-refractivity contribution >= 4 is 27.9 Å². The molecule has 17 heavy (non-hydrogen) atoms. The van der Waals surface area contributed by atoms with Crippen LogP contribution in [0.15, 0.2) is 42.5 Å². The fraction of sp³-hybridized carbons (Fsp3) is 0.125. The number of nitrogens with one attached hydrogen (secondary N) is 1. The Bertz CT molecular complexity index is 747. The van der Waals surface area contributed by atoms with E-state index in [2.05, 4.69) is 53.5 Å². The summed E-state index contributed by atoms with van der Waals surface area (Å²) < 4.78 is 0. The number of aromatic amines is 1. The number of hydrogen-bond donors (Lipinski definition) is 1. The monoisotopic (exact) mass is 219 g/mol. The molecular weight excluding hydrogens is 206 g/mol. The average molecular weight is 219 g/mol. The van der Waals surface area contributed by atoms with Crippen LogP contribution in [0, 0.1) is 0 Å². The van der Waals surface area contributed by atoms with Gasteiger partial charge in [0, 0.05) is 16.3 Å². The Morgan fingerprint density at radius 2 is 1.88 bits per heavy atom. The molecule has 1 aliphatic rings. The summed E-state index contributed by atoms with van der Waals surface area (Å²) in [5.41, 5.74) is 5.41. The molecule has 0 radical (unpaired) electrons. The Balaban J connectivity index is 2.21. The minimum Gasteiger partial charge on any atom is -0.354 e. The molecular formula is C16H13N. The van der Waals surface area contributed by atoms with Gasteiger partial charge in [0.05, 0.1) is 5.52 Å². The van der Waals surface area contributed by atoms with Crippen LogP contribution in [0.3, 0.4) is 0 Å². The zero-order chi connectivity index (χ0) is 11.2. The van der Waals surface area contributed by atoms with Crippen LogP contribution in [0.25, 0.3) is 27.9 Å². The van der Waals surface area contributed by atoms with Crippen LogP contribution in [-0.4, -0.2) is 4.98 Å². The predicted molar refractivity (Wildman–Crippen MR) is 73.2 cm³/mol. The van der Waals surface area contributed by atoms with E-state index >= 15 is 0 Å². The smallest absolute Gasteiger partial charge is 0.0503 e. The number of aromatic nitrogens is 1. The molecule has 0 unspecified atom stereocenters. The molecule has 0 aliphatic heterocycles. The molecule has 0 atom stereocenters. The van der Waals surface area contributed by atoms with Crippen LogP contribution < -0.4 is 0 Å². The SMILES string of the molecule is C1=Cc2ccc3c([nH]c4ccccc43)c2CC1. The molecule has 1 aromatic heterocycles. The third kappa shape index (κ3) is 1.19. The lowest BCUT2D eigenvalue weighted by Crippen LogP contribution is -1.94. The van der Waals surface area contributed by atoms with Gasteiger partial charge in [0.15, 0.2) is 0 Å². The topological polar surface area (TPSA) is 15.8 Å². The number of H-pyrrole nitrogens is 1. The van der Waals surface area contributed by atoms with Crippen molar-refractivity contribution in [3.8, 4) is 0 Å². The summed E-state index contributed by atoms with van der Waals surface area (Å²) in [6, 6.07) is 13.0. The van der Waals surface area contributed by atoms with Crippen molar-refractivity contribution in [1.29, 1.82) is 0 Å². The summed E-state index contributed by atoms with van der Waals surface area (Å²) in [4.78, 5) is 3.57. The highest BCUT2D eigenvalue weighted by atomic mass is 14.7. The minimum atomic E-state index is 1.15. The highest BCUT2D eigenvalue weighted by molar-refractivity contribution is 6.09. The van der Waals surface area contributed by atoms with Crippen molar-refractivity contribution in [2.75, 3.05) is 0 Å². The molecule has 1 nitrogen and oxygen atoms in total. The lowest BCUT2D eigenvalue weighted by Gasteiger charge is -2.10. The number of hydrogen-bond acceptors (Lipinski definition) is 0. The maximum absolute atomic E-state index is 3.57. The number of allylic oxidation sites excluding steroid dienone is 1. The highest BCUT2D eigenvalue weighted by Gasteiger charge is 2.12. The maximum Gasteiger partial charge on any atom is 0.0503 e. The summed E-state index contributed by atoms with van der Waals surface area (Å²) in [5, 5.41) is 2.69. The molecule has 4 rings (SSSR count). The van der Waals surface area contributed by atoms with Crippen LogP contribution >= 0.6 is 0 Å². The molecule has 0 spiro atoms. The zero-order valence-electron chi connectivity index (χ0n) is 9.53. The van der Waals surface area contributed by atoms with Crippen molar-refractivity contribution < 1.29 is 0 Å². The quantitative estimate of drug-likeness (QED) is 0.581. The van der Waals surface area contributed by atoms with Gasteiger partial charge in [-0.3, -0.25) is 0 Å². The molecule has 0 bridgehead atoms. The van der Waals surface area contributed by atoms with E-state index in [9.17, 15) is 0 Å². The van der Waals surface area contributed by atoms with Crippen LogP contribution in [0.4, 0.5) is 0 Å². The molecule has 3 aromatic rings. The summed E-state index contributed by atoms with van der Waals surface area (Å²) in [6.45, 7) is 0. The Morgan fingerprint density at radius 1 is 0.941 bits per heavy atom. The van der Waals surface area contributed by atoms with E-state index in [1.807, 2.05) is 0 Å². The summed E-state index contributed by atoms with van der Waals surface area (Å²) in [7, 11) is 0. The molecule has 1 heterocycles. The molecule has 2 aromatic carbocycles. The summed E-state index contributed by atoms with van der Waals surface area (Å²) in [5.74, 6) is 0. The standard InChI is InChI=1S/C16H13N/c1-2-6-12-11(5-1)9-10-14-13-7-3-4-8-15(13)17-16(12)14/h1,3-5,7-10,17H,2,6H2. The van der Waals surface area contributed by atoms with Gasteiger partial charge in [0.1, 0.15) is 0 Å². The maximum atomic E-state index is 3.57. The molecule has 1 aliphatic carbocycles. The van der Waals surface area contributed by atoms with E-state index in [-0.39, 0.29) is 0 Å². The largest absolute Gasteiger partial charge is 0.354 e. The second kappa shape index (κ2) is 3.24. The first kappa shape index (κ1) is 9.06. The predicted octanol–water partition coefficient (Wildman–Crippen LogP) is 4.28. The number of rotatable bonds is 0. The van der Waals surface area contributed by atoms with E-state index in [0.717, 1.165) is 12.8 Å². The normalized spacial score (nSPS) is 14.4. The van der Waals surface area contributed by atoms with Gasteiger partial charge in [-0.25, -0.2) is 0 Å². The van der Waals surface area contributed by atoms with E-state index in [1.54, 1.807) is 0 Å². The third-order valence-corrected chi connectivity index (χ3v) is 3.68. The van der Waals surface area contributed by atoms with Crippen LogP contribution in [0.2, 0.25) is 0 Å². The minimum absolute atomic E-state index is 1.15. The van der Waals surface area contributed by atoms with Gasteiger partial charge in [0.2, 0.25) is 0 Å². The van der Waals surface area contributed by atoms with Gasteiger partial charge >= 0.3 is 0 Å².